The molecular formula is C19H24N4O4. The van der Waals surface area contributed by atoms with Crippen molar-refractivity contribution in [1.29, 1.82) is 0 Å². The molecule has 1 aromatic carbocycles. The lowest BCUT2D eigenvalue weighted by atomic mass is 9.85. The maximum Gasteiger partial charge on any atom is 0.319 e. The van der Waals surface area contributed by atoms with Crippen LogP contribution in [0.15, 0.2) is 22.6 Å². The number of nitrogens with zero attached hydrogens (tertiary/aromatic N) is 2. The number of anilines is 1. The average Bonchev–Trinajstić information content (AvgIpc) is 3.35. The molecule has 2 aliphatic carbocycles. The molecule has 0 saturated heterocycles. The predicted molar refractivity (Wildman–Crippen MR) is 99.8 cm³/mol. The van der Waals surface area contributed by atoms with Gasteiger partial charge in [0.1, 0.15) is 5.52 Å². The molecule has 27 heavy (non-hydrogen) atoms. The second-order valence-electron chi connectivity index (χ2n) is 7.39. The molecule has 0 unspecified atom stereocenters. The minimum atomic E-state index is -0.821. The minimum absolute atomic E-state index is 0.0418. The van der Waals surface area contributed by atoms with E-state index in [-0.39, 0.29) is 24.7 Å². The molecule has 0 bridgehead atoms. The third-order valence-corrected chi connectivity index (χ3v) is 5.30. The molecule has 2 amide bonds. The topological polar surface area (TPSA) is 108 Å². The average molecular weight is 372 g/mol. The molecular weight excluding hydrogens is 348 g/mol. The molecule has 1 heterocycles. The van der Waals surface area contributed by atoms with Crippen molar-refractivity contribution in [3.05, 3.63) is 24.1 Å². The first-order valence-corrected chi connectivity index (χ1v) is 9.45. The van der Waals surface area contributed by atoms with E-state index in [4.69, 9.17) is 9.52 Å². The van der Waals surface area contributed by atoms with Gasteiger partial charge in [-0.1, -0.05) is 6.92 Å². The van der Waals surface area contributed by atoms with Crippen LogP contribution in [-0.4, -0.2) is 52.2 Å². The molecule has 1 aromatic heterocycles. The number of aliphatic carboxylic acids is 1. The third-order valence-electron chi connectivity index (χ3n) is 5.30. The summed E-state index contributed by atoms with van der Waals surface area (Å²) in [5, 5.41) is 14.7. The van der Waals surface area contributed by atoms with Crippen molar-refractivity contribution in [3.63, 3.8) is 0 Å². The Bertz CT molecular complexity index is 855. The summed E-state index contributed by atoms with van der Waals surface area (Å²) >= 11 is 0. The number of benzene rings is 1. The van der Waals surface area contributed by atoms with Crippen molar-refractivity contribution in [1.82, 2.24) is 15.2 Å². The van der Waals surface area contributed by atoms with Crippen molar-refractivity contribution in [2.45, 2.75) is 50.6 Å². The predicted octanol–water partition coefficient (Wildman–Crippen LogP) is 2.76. The number of carboxylic acid groups (broad SMARTS) is 1. The zero-order valence-electron chi connectivity index (χ0n) is 15.3. The van der Waals surface area contributed by atoms with Crippen molar-refractivity contribution in [3.8, 4) is 0 Å². The van der Waals surface area contributed by atoms with E-state index in [2.05, 4.69) is 15.6 Å². The summed E-state index contributed by atoms with van der Waals surface area (Å²) in [6.45, 7) is 2.68. The highest BCUT2D eigenvalue weighted by molar-refractivity contribution is 5.91. The van der Waals surface area contributed by atoms with E-state index < -0.39 is 5.97 Å². The third kappa shape index (κ3) is 4.05. The summed E-state index contributed by atoms with van der Waals surface area (Å²) in [6.07, 6.45) is 3.79. The number of hydrogen-bond donors (Lipinski definition) is 3. The molecule has 0 atom stereocenters. The Balaban J connectivity index is 1.28. The number of oxazole rings is 1. The van der Waals surface area contributed by atoms with E-state index in [1.165, 1.54) is 0 Å². The van der Waals surface area contributed by atoms with Crippen LogP contribution in [-0.2, 0) is 4.79 Å². The molecule has 4 rings (SSSR count). The maximum atomic E-state index is 12.2. The first-order chi connectivity index (χ1) is 13.0. The van der Waals surface area contributed by atoms with Gasteiger partial charge in [-0.05, 0) is 44.4 Å². The number of carboxylic acids is 1. The highest BCUT2D eigenvalue weighted by Gasteiger charge is 2.34. The van der Waals surface area contributed by atoms with E-state index in [0.717, 1.165) is 37.1 Å². The molecule has 0 radical (unpaired) electrons. The van der Waals surface area contributed by atoms with Crippen molar-refractivity contribution in [2.24, 2.45) is 0 Å². The number of carbonyl (C=O) groups excluding carboxylic acids is 1. The maximum absolute atomic E-state index is 12.2. The number of urea groups is 1. The van der Waals surface area contributed by atoms with Crippen LogP contribution in [0.4, 0.5) is 10.5 Å². The zero-order valence-corrected chi connectivity index (χ0v) is 15.3. The van der Waals surface area contributed by atoms with E-state index in [0.29, 0.717) is 23.7 Å². The molecule has 0 spiro atoms. The summed E-state index contributed by atoms with van der Waals surface area (Å²) in [4.78, 5) is 29.5. The van der Waals surface area contributed by atoms with Crippen LogP contribution in [0.3, 0.4) is 0 Å². The lowest BCUT2D eigenvalue weighted by Crippen LogP contribution is -2.55. The molecule has 3 N–H and O–H groups in total. The Labute approximate surface area is 156 Å². The first-order valence-electron chi connectivity index (χ1n) is 9.45. The second kappa shape index (κ2) is 7.19. The van der Waals surface area contributed by atoms with Crippen LogP contribution in [0.5, 0.6) is 0 Å². The number of aromatic nitrogens is 1. The van der Waals surface area contributed by atoms with Crippen LogP contribution in [0.25, 0.3) is 11.1 Å². The van der Waals surface area contributed by atoms with Gasteiger partial charge in [-0.3, -0.25) is 9.69 Å². The Morgan fingerprint density at radius 2 is 2.11 bits per heavy atom. The number of nitrogens with one attached hydrogen (secondary N) is 2. The summed E-state index contributed by atoms with van der Waals surface area (Å²) < 4.78 is 5.78. The molecule has 2 aliphatic rings. The highest BCUT2D eigenvalue weighted by Crippen LogP contribution is 2.40. The van der Waals surface area contributed by atoms with Gasteiger partial charge in [-0.2, -0.15) is 0 Å². The lowest BCUT2D eigenvalue weighted by Gasteiger charge is -2.42. The Morgan fingerprint density at radius 1 is 1.33 bits per heavy atom. The largest absolute Gasteiger partial charge is 0.480 e. The second-order valence-corrected chi connectivity index (χ2v) is 7.39. The number of hydrogen-bond acceptors (Lipinski definition) is 5. The van der Waals surface area contributed by atoms with Crippen molar-refractivity contribution < 1.29 is 19.1 Å². The van der Waals surface area contributed by atoms with Crippen LogP contribution in [0.2, 0.25) is 0 Å². The Morgan fingerprint density at radius 3 is 2.78 bits per heavy atom. The van der Waals surface area contributed by atoms with E-state index in [1.807, 2.05) is 24.0 Å². The fourth-order valence-electron chi connectivity index (χ4n) is 3.55. The molecule has 8 heteroatoms. The van der Waals surface area contributed by atoms with E-state index in [1.54, 1.807) is 6.07 Å². The summed E-state index contributed by atoms with van der Waals surface area (Å²) in [5.74, 6) is 0.417. The standard InChI is InChI=1S/C19H24N4O4/c1-2-23(10-17(24)25)14-7-13(8-14)21-19(26)20-12-5-6-15-16(9-12)27-18(22-15)11-3-4-11/h5-6,9,11,13-14H,2-4,7-8,10H2,1H3,(H,24,25)(H2,20,21,26). The quantitative estimate of drug-likeness (QED) is 0.690. The molecule has 144 valence electrons. The summed E-state index contributed by atoms with van der Waals surface area (Å²) in [5.41, 5.74) is 2.16. The highest BCUT2D eigenvalue weighted by atomic mass is 16.4. The molecule has 2 aromatic rings. The summed E-state index contributed by atoms with van der Waals surface area (Å²) in [6, 6.07) is 5.47. The van der Waals surface area contributed by atoms with E-state index >= 15 is 0 Å². The van der Waals surface area contributed by atoms with Gasteiger partial charge in [-0.25, -0.2) is 9.78 Å². The van der Waals surface area contributed by atoms with Gasteiger partial charge in [-0.15, -0.1) is 0 Å². The fourth-order valence-corrected chi connectivity index (χ4v) is 3.55. The molecule has 2 fully saturated rings. The van der Waals surface area contributed by atoms with Crippen LogP contribution >= 0.6 is 0 Å². The van der Waals surface area contributed by atoms with Crippen molar-refractivity contribution >= 4 is 28.8 Å². The first kappa shape index (κ1) is 17.8. The smallest absolute Gasteiger partial charge is 0.319 e. The van der Waals surface area contributed by atoms with Gasteiger partial charge in [0, 0.05) is 29.8 Å². The van der Waals surface area contributed by atoms with Gasteiger partial charge >= 0.3 is 12.0 Å². The molecule has 2 saturated carbocycles. The fraction of sp³-hybridized carbons (Fsp3) is 0.526. The Kier molecular flexibility index (Phi) is 4.73. The van der Waals surface area contributed by atoms with E-state index in [9.17, 15) is 9.59 Å². The number of amides is 2. The van der Waals surface area contributed by atoms with Gasteiger partial charge in [0.25, 0.3) is 0 Å². The number of rotatable bonds is 7. The van der Waals surface area contributed by atoms with Crippen LogP contribution in [0, 0.1) is 0 Å². The lowest BCUT2D eigenvalue weighted by molar-refractivity contribution is -0.139. The SMILES string of the molecule is CCN(CC(=O)O)C1CC(NC(=O)Nc2ccc3nc(C4CC4)oc3c2)C1. The monoisotopic (exact) mass is 372 g/mol. The van der Waals surface area contributed by atoms with Gasteiger partial charge in [0.15, 0.2) is 11.5 Å². The number of carbonyl (C=O) groups is 2. The Hall–Kier alpha value is -2.61. The van der Waals surface area contributed by atoms with Gasteiger partial charge in [0.05, 0.1) is 6.54 Å². The zero-order chi connectivity index (χ0) is 19.0. The summed E-state index contributed by atoms with van der Waals surface area (Å²) in [7, 11) is 0. The molecule has 8 nitrogen and oxygen atoms in total. The number of fused-ring (bicyclic) bond motifs is 1. The minimum Gasteiger partial charge on any atom is -0.480 e. The normalized spacial score (nSPS) is 21.9. The van der Waals surface area contributed by atoms with Crippen molar-refractivity contribution in [2.75, 3.05) is 18.4 Å². The van der Waals surface area contributed by atoms with Gasteiger partial charge < -0.3 is 20.2 Å². The molecule has 0 aliphatic heterocycles. The van der Waals surface area contributed by atoms with Crippen LogP contribution < -0.4 is 10.6 Å². The van der Waals surface area contributed by atoms with Crippen LogP contribution in [0.1, 0.15) is 44.4 Å². The number of likely N-dealkylation sites (N-methyl/N-ethyl adjacent to an activating group) is 1. The van der Waals surface area contributed by atoms with Gasteiger partial charge in [0.2, 0.25) is 0 Å².